The number of nitrogens with two attached hydrogens (primary N) is 1. The summed E-state index contributed by atoms with van der Waals surface area (Å²) in [5.74, 6) is -0.643. The van der Waals surface area contributed by atoms with Crippen LogP contribution in [0.1, 0.15) is 5.56 Å². The third kappa shape index (κ3) is 2.96. The summed E-state index contributed by atoms with van der Waals surface area (Å²) in [7, 11) is 0. The number of hydrogen-bond acceptors (Lipinski definition) is 3. The van der Waals surface area contributed by atoms with Gasteiger partial charge in [-0.3, -0.25) is 0 Å². The molecule has 0 radical (unpaired) electrons. The van der Waals surface area contributed by atoms with E-state index in [9.17, 15) is 17.6 Å². The zero-order valence-corrected chi connectivity index (χ0v) is 12.0. The van der Waals surface area contributed by atoms with Crippen LogP contribution >= 0.6 is 0 Å². The molecular formula is C16H14F4N2O. The van der Waals surface area contributed by atoms with Crippen molar-refractivity contribution < 1.29 is 22.3 Å². The van der Waals surface area contributed by atoms with Crippen LogP contribution in [-0.2, 0) is 6.18 Å². The van der Waals surface area contributed by atoms with Crippen molar-refractivity contribution in [3.63, 3.8) is 0 Å². The van der Waals surface area contributed by atoms with E-state index in [4.69, 9.17) is 10.5 Å². The Bertz CT molecular complexity index is 731. The number of fused-ring (bicyclic) bond motifs is 1. The highest BCUT2D eigenvalue weighted by Crippen LogP contribution is 2.44. The first-order chi connectivity index (χ1) is 10.9. The van der Waals surface area contributed by atoms with E-state index in [0.29, 0.717) is 24.0 Å². The van der Waals surface area contributed by atoms with Gasteiger partial charge in [0.05, 0.1) is 17.8 Å². The molecule has 122 valence electrons. The molecule has 0 fully saturated rings. The molecule has 1 unspecified atom stereocenters. The quantitative estimate of drug-likeness (QED) is 0.828. The van der Waals surface area contributed by atoms with Gasteiger partial charge in [-0.25, -0.2) is 4.39 Å². The van der Waals surface area contributed by atoms with Gasteiger partial charge in [0.25, 0.3) is 0 Å². The van der Waals surface area contributed by atoms with E-state index in [2.05, 4.69) is 5.32 Å². The molecule has 0 spiro atoms. The Hall–Kier alpha value is -2.28. The second-order valence-corrected chi connectivity index (χ2v) is 5.23. The predicted octanol–water partition coefficient (Wildman–Crippen LogP) is 3.64. The van der Waals surface area contributed by atoms with Gasteiger partial charge in [0, 0.05) is 12.1 Å². The monoisotopic (exact) mass is 326 g/mol. The molecule has 3 nitrogen and oxygen atoms in total. The van der Waals surface area contributed by atoms with Gasteiger partial charge in [0.1, 0.15) is 11.9 Å². The molecule has 2 aromatic rings. The molecular weight excluding hydrogens is 312 g/mol. The number of alkyl halides is 3. The minimum Gasteiger partial charge on any atom is -0.484 e. The van der Waals surface area contributed by atoms with Crippen LogP contribution in [0, 0.1) is 5.82 Å². The molecule has 3 rings (SSSR count). The molecule has 1 aliphatic rings. The molecule has 1 heterocycles. The van der Waals surface area contributed by atoms with Gasteiger partial charge < -0.3 is 15.8 Å². The average Bonchev–Trinajstić information content (AvgIpc) is 2.53. The van der Waals surface area contributed by atoms with Gasteiger partial charge in [-0.2, -0.15) is 13.2 Å². The minimum atomic E-state index is -4.67. The molecule has 7 heteroatoms. The number of rotatable bonds is 2. The van der Waals surface area contributed by atoms with Crippen LogP contribution in [0.5, 0.6) is 5.75 Å². The maximum Gasteiger partial charge on any atom is 0.417 e. The van der Waals surface area contributed by atoms with Crippen LogP contribution in [0.15, 0.2) is 36.4 Å². The lowest BCUT2D eigenvalue weighted by Crippen LogP contribution is -2.37. The van der Waals surface area contributed by atoms with Crippen molar-refractivity contribution in [3.8, 4) is 16.9 Å². The largest absolute Gasteiger partial charge is 0.484 e. The summed E-state index contributed by atoms with van der Waals surface area (Å²) in [6.07, 6.45) is -5.01. The molecule has 0 aliphatic carbocycles. The van der Waals surface area contributed by atoms with Crippen molar-refractivity contribution in [2.75, 3.05) is 18.4 Å². The van der Waals surface area contributed by atoms with Gasteiger partial charge in [-0.15, -0.1) is 0 Å². The van der Waals surface area contributed by atoms with Crippen molar-refractivity contribution in [2.24, 2.45) is 5.73 Å². The lowest BCUT2D eigenvalue weighted by Gasteiger charge is -2.28. The molecule has 1 atom stereocenters. The first-order valence-corrected chi connectivity index (χ1v) is 7.01. The van der Waals surface area contributed by atoms with Crippen molar-refractivity contribution in [3.05, 3.63) is 47.8 Å². The molecule has 2 aromatic carbocycles. The number of benzene rings is 2. The van der Waals surface area contributed by atoms with Gasteiger partial charge in [-0.05, 0) is 23.8 Å². The Labute approximate surface area is 130 Å². The Morgan fingerprint density at radius 1 is 1.17 bits per heavy atom. The number of nitrogens with one attached hydrogen (secondary N) is 1. The summed E-state index contributed by atoms with van der Waals surface area (Å²) in [4.78, 5) is 0. The molecule has 0 aromatic heterocycles. The van der Waals surface area contributed by atoms with E-state index in [1.165, 1.54) is 6.07 Å². The molecule has 0 amide bonds. The average molecular weight is 326 g/mol. The van der Waals surface area contributed by atoms with Gasteiger partial charge >= 0.3 is 6.18 Å². The van der Waals surface area contributed by atoms with E-state index in [1.807, 2.05) is 0 Å². The highest BCUT2D eigenvalue weighted by molar-refractivity contribution is 5.81. The minimum absolute atomic E-state index is 0.129. The predicted molar refractivity (Wildman–Crippen MR) is 78.8 cm³/mol. The number of halogens is 4. The summed E-state index contributed by atoms with van der Waals surface area (Å²) in [6.45, 7) is 0.707. The standard InChI is InChI=1S/C16H14F4N2O/c17-9-4-5-11(13(6-9)16(18,19)20)12-2-1-3-14-15(12)23-10(7-21)8-22-14/h1-6,10,22H,7-8,21H2. The van der Waals surface area contributed by atoms with Gasteiger partial charge in [0.2, 0.25) is 0 Å². The van der Waals surface area contributed by atoms with Crippen molar-refractivity contribution in [2.45, 2.75) is 12.3 Å². The lowest BCUT2D eigenvalue weighted by atomic mass is 9.97. The summed E-state index contributed by atoms with van der Waals surface area (Å²) in [5, 5.41) is 3.08. The lowest BCUT2D eigenvalue weighted by molar-refractivity contribution is -0.137. The summed E-state index contributed by atoms with van der Waals surface area (Å²) in [6, 6.07) is 7.45. The summed E-state index contributed by atoms with van der Waals surface area (Å²) in [5.41, 5.74) is 5.24. The molecule has 0 bridgehead atoms. The second-order valence-electron chi connectivity index (χ2n) is 5.23. The SMILES string of the molecule is NCC1CNc2cccc(-c3ccc(F)cc3C(F)(F)F)c2O1. The molecule has 0 saturated carbocycles. The van der Waals surface area contributed by atoms with Gasteiger partial charge in [-0.1, -0.05) is 18.2 Å². The third-order valence-corrected chi connectivity index (χ3v) is 3.66. The van der Waals surface area contributed by atoms with E-state index < -0.39 is 17.6 Å². The fourth-order valence-electron chi connectivity index (χ4n) is 2.56. The number of hydrogen-bond donors (Lipinski definition) is 2. The summed E-state index contributed by atoms with van der Waals surface area (Å²) < 4.78 is 58.7. The van der Waals surface area contributed by atoms with Crippen LogP contribution in [0.4, 0.5) is 23.2 Å². The summed E-state index contributed by atoms with van der Waals surface area (Å²) >= 11 is 0. The second kappa shape index (κ2) is 5.73. The molecule has 0 saturated heterocycles. The number of ether oxygens (including phenoxy) is 1. The normalized spacial score (nSPS) is 17.2. The molecule has 1 aliphatic heterocycles. The van der Waals surface area contributed by atoms with Crippen LogP contribution in [0.3, 0.4) is 0 Å². The number of anilines is 1. The Balaban J connectivity index is 2.17. The first-order valence-electron chi connectivity index (χ1n) is 7.01. The Morgan fingerprint density at radius 3 is 2.65 bits per heavy atom. The first kappa shape index (κ1) is 15.6. The van der Waals surface area contributed by atoms with Crippen molar-refractivity contribution in [1.82, 2.24) is 0 Å². The van der Waals surface area contributed by atoms with Crippen molar-refractivity contribution >= 4 is 5.69 Å². The Morgan fingerprint density at radius 2 is 1.96 bits per heavy atom. The number of para-hydroxylation sites is 1. The fraction of sp³-hybridized carbons (Fsp3) is 0.250. The van der Waals surface area contributed by atoms with E-state index in [-0.39, 0.29) is 23.8 Å². The maximum absolute atomic E-state index is 13.3. The maximum atomic E-state index is 13.3. The van der Waals surface area contributed by atoms with Crippen LogP contribution in [-0.4, -0.2) is 19.2 Å². The Kier molecular flexibility index (Phi) is 3.89. The van der Waals surface area contributed by atoms with Gasteiger partial charge in [0.15, 0.2) is 5.75 Å². The topological polar surface area (TPSA) is 47.3 Å². The van der Waals surface area contributed by atoms with Crippen LogP contribution in [0.2, 0.25) is 0 Å². The van der Waals surface area contributed by atoms with E-state index in [0.717, 1.165) is 12.1 Å². The third-order valence-electron chi connectivity index (χ3n) is 3.66. The van der Waals surface area contributed by atoms with Crippen molar-refractivity contribution in [1.29, 1.82) is 0 Å². The molecule has 3 N–H and O–H groups in total. The zero-order chi connectivity index (χ0) is 16.6. The fourth-order valence-corrected chi connectivity index (χ4v) is 2.56. The smallest absolute Gasteiger partial charge is 0.417 e. The van der Waals surface area contributed by atoms with E-state index >= 15 is 0 Å². The molecule has 23 heavy (non-hydrogen) atoms. The van der Waals surface area contributed by atoms with E-state index in [1.54, 1.807) is 12.1 Å². The van der Waals surface area contributed by atoms with Crippen LogP contribution in [0.25, 0.3) is 11.1 Å². The highest BCUT2D eigenvalue weighted by Gasteiger charge is 2.35. The van der Waals surface area contributed by atoms with Crippen LogP contribution < -0.4 is 15.8 Å². The zero-order valence-electron chi connectivity index (χ0n) is 12.0. The highest BCUT2D eigenvalue weighted by atomic mass is 19.4.